The van der Waals surface area contributed by atoms with Gasteiger partial charge in [0.05, 0.1) is 22.5 Å². The molecule has 0 aliphatic carbocycles. The first-order chi connectivity index (χ1) is 10.8. The first-order valence-electron chi connectivity index (χ1n) is 7.09. The van der Waals surface area contributed by atoms with Gasteiger partial charge in [-0.05, 0) is 45.0 Å². The summed E-state index contributed by atoms with van der Waals surface area (Å²) in [5.74, 6) is -0.528. The lowest BCUT2D eigenvalue weighted by Crippen LogP contribution is -2.21. The second-order valence-corrected chi connectivity index (χ2v) is 8.44. The molecule has 0 fully saturated rings. The van der Waals surface area contributed by atoms with Crippen LogP contribution in [0.25, 0.3) is 16.6 Å². The molecule has 3 rings (SSSR count). The number of nitrogens with two attached hydrogens (primary N) is 1. The van der Waals surface area contributed by atoms with E-state index >= 15 is 0 Å². The van der Waals surface area contributed by atoms with E-state index in [1.807, 2.05) is 20.8 Å². The third-order valence-electron chi connectivity index (χ3n) is 3.42. The molecular formula is C16H17FN4OS. The number of fused-ring (bicyclic) bond motifs is 1. The van der Waals surface area contributed by atoms with Gasteiger partial charge in [-0.1, -0.05) is 0 Å². The summed E-state index contributed by atoms with van der Waals surface area (Å²) in [4.78, 5) is 4.32. The van der Waals surface area contributed by atoms with Crippen LogP contribution < -0.4 is 5.73 Å². The monoisotopic (exact) mass is 332 g/mol. The molecule has 5 nitrogen and oxygen atoms in total. The molecule has 23 heavy (non-hydrogen) atoms. The molecule has 0 saturated carbocycles. The number of rotatable bonds is 2. The minimum absolute atomic E-state index is 0.122. The molecule has 1 atom stereocenters. The van der Waals surface area contributed by atoms with Gasteiger partial charge in [0.1, 0.15) is 5.82 Å². The molecule has 2 N–H and O–H groups in total. The second-order valence-electron chi connectivity index (χ2n) is 6.21. The number of hydrogen-bond acceptors (Lipinski definition) is 4. The Morgan fingerprint density at radius 2 is 1.96 bits per heavy atom. The molecule has 0 aromatic carbocycles. The number of nitrogens with zero attached hydrogens (tertiary/aromatic N) is 3. The van der Waals surface area contributed by atoms with Gasteiger partial charge < -0.3 is 5.73 Å². The standard InChI is InChI=1S/C16H17FN4OS/c1-16(2,3)23(22)10-6-7-21-13(8-10)12(9-19-21)11-4-5-14(18)20-15(11)17/h4-9H,1-3H3,(H2,18,20). The van der Waals surface area contributed by atoms with Crippen molar-refractivity contribution < 1.29 is 8.60 Å². The molecule has 3 aromatic rings. The van der Waals surface area contributed by atoms with Gasteiger partial charge in [-0.2, -0.15) is 9.49 Å². The van der Waals surface area contributed by atoms with E-state index in [1.54, 1.807) is 41.2 Å². The zero-order valence-corrected chi connectivity index (χ0v) is 13.9. The van der Waals surface area contributed by atoms with Gasteiger partial charge in [0.15, 0.2) is 0 Å². The minimum Gasteiger partial charge on any atom is -0.384 e. The Balaban J connectivity index is 2.18. The van der Waals surface area contributed by atoms with Gasteiger partial charge in [0, 0.05) is 27.0 Å². The number of hydrogen-bond donors (Lipinski definition) is 1. The SMILES string of the molecule is CC(C)(C)S(=O)c1ccn2ncc(-c3ccc(N)nc3F)c2c1. The molecule has 0 amide bonds. The number of halogens is 1. The highest BCUT2D eigenvalue weighted by molar-refractivity contribution is 7.86. The van der Waals surface area contributed by atoms with Gasteiger partial charge in [0.2, 0.25) is 5.95 Å². The third-order valence-corrected chi connectivity index (χ3v) is 5.22. The van der Waals surface area contributed by atoms with Crippen LogP contribution in [-0.2, 0) is 10.8 Å². The average Bonchev–Trinajstić information content (AvgIpc) is 2.88. The molecular weight excluding hydrogens is 315 g/mol. The highest BCUT2D eigenvalue weighted by Gasteiger charge is 2.22. The Hall–Kier alpha value is -2.28. The quantitative estimate of drug-likeness (QED) is 0.732. The fourth-order valence-electron chi connectivity index (χ4n) is 2.29. The Kier molecular flexibility index (Phi) is 3.68. The summed E-state index contributed by atoms with van der Waals surface area (Å²) >= 11 is 0. The predicted molar refractivity (Wildman–Crippen MR) is 89.0 cm³/mol. The summed E-state index contributed by atoms with van der Waals surface area (Å²) in [5.41, 5.74) is 7.06. The molecule has 1 unspecified atom stereocenters. The Labute approximate surface area is 135 Å². The summed E-state index contributed by atoms with van der Waals surface area (Å²) in [7, 11) is -1.19. The lowest BCUT2D eigenvalue weighted by atomic mass is 10.1. The van der Waals surface area contributed by atoms with Gasteiger partial charge in [-0.25, -0.2) is 9.50 Å². The normalized spacial score (nSPS) is 13.4. The molecule has 0 spiro atoms. The van der Waals surface area contributed by atoms with Crippen LogP contribution in [0.2, 0.25) is 0 Å². The van der Waals surface area contributed by atoms with Crippen LogP contribution in [0.4, 0.5) is 10.2 Å². The zero-order valence-electron chi connectivity index (χ0n) is 13.1. The van der Waals surface area contributed by atoms with Gasteiger partial charge in [0.25, 0.3) is 0 Å². The first kappa shape index (κ1) is 15.6. The van der Waals surface area contributed by atoms with Crippen LogP contribution in [0.15, 0.2) is 41.6 Å². The summed E-state index contributed by atoms with van der Waals surface area (Å²) < 4.78 is 27.9. The number of anilines is 1. The third kappa shape index (κ3) is 2.84. The van der Waals surface area contributed by atoms with Crippen molar-refractivity contribution in [2.24, 2.45) is 0 Å². The maximum atomic E-state index is 14.1. The van der Waals surface area contributed by atoms with Crippen LogP contribution in [-0.4, -0.2) is 23.6 Å². The average molecular weight is 332 g/mol. The lowest BCUT2D eigenvalue weighted by Gasteiger charge is -2.17. The van der Waals surface area contributed by atoms with Crippen molar-refractivity contribution in [1.29, 1.82) is 0 Å². The topological polar surface area (TPSA) is 73.3 Å². The van der Waals surface area contributed by atoms with Crippen molar-refractivity contribution in [3.63, 3.8) is 0 Å². The summed E-state index contributed by atoms with van der Waals surface area (Å²) in [6.07, 6.45) is 3.29. The molecule has 0 radical (unpaired) electrons. The highest BCUT2D eigenvalue weighted by Crippen LogP contribution is 2.29. The van der Waals surface area contributed by atoms with Crippen molar-refractivity contribution >= 4 is 22.1 Å². The van der Waals surface area contributed by atoms with E-state index in [2.05, 4.69) is 10.1 Å². The van der Waals surface area contributed by atoms with E-state index < -0.39 is 16.7 Å². The second kappa shape index (κ2) is 5.42. The number of pyridine rings is 2. The van der Waals surface area contributed by atoms with Crippen molar-refractivity contribution in [2.75, 3.05) is 5.73 Å². The number of aromatic nitrogens is 3. The van der Waals surface area contributed by atoms with Crippen LogP contribution in [0.5, 0.6) is 0 Å². The molecule has 3 heterocycles. The molecule has 7 heteroatoms. The first-order valence-corrected chi connectivity index (χ1v) is 8.24. The van der Waals surface area contributed by atoms with Crippen LogP contribution in [0.1, 0.15) is 20.8 Å². The summed E-state index contributed by atoms with van der Waals surface area (Å²) in [6, 6.07) is 6.66. The van der Waals surface area contributed by atoms with Crippen molar-refractivity contribution in [1.82, 2.24) is 14.6 Å². The van der Waals surface area contributed by atoms with E-state index in [-0.39, 0.29) is 10.6 Å². The van der Waals surface area contributed by atoms with E-state index in [0.29, 0.717) is 21.5 Å². The van der Waals surface area contributed by atoms with Gasteiger partial charge in [-0.15, -0.1) is 0 Å². The maximum Gasteiger partial charge on any atom is 0.222 e. The van der Waals surface area contributed by atoms with Gasteiger partial charge in [-0.3, -0.25) is 4.21 Å². The molecule has 0 bridgehead atoms. The van der Waals surface area contributed by atoms with E-state index in [4.69, 9.17) is 5.73 Å². The molecule has 0 aliphatic rings. The van der Waals surface area contributed by atoms with Crippen molar-refractivity contribution in [3.8, 4) is 11.1 Å². The van der Waals surface area contributed by atoms with Gasteiger partial charge >= 0.3 is 0 Å². The largest absolute Gasteiger partial charge is 0.384 e. The van der Waals surface area contributed by atoms with E-state index in [1.165, 1.54) is 0 Å². The number of nitrogen functional groups attached to an aromatic ring is 1. The Morgan fingerprint density at radius 1 is 1.22 bits per heavy atom. The molecule has 120 valence electrons. The summed E-state index contributed by atoms with van der Waals surface area (Å²) in [6.45, 7) is 5.73. The fourth-order valence-corrected chi connectivity index (χ4v) is 3.40. The van der Waals surface area contributed by atoms with E-state index in [9.17, 15) is 8.60 Å². The maximum absolute atomic E-state index is 14.1. The fraction of sp³-hybridized carbons (Fsp3) is 0.250. The van der Waals surface area contributed by atoms with Crippen molar-refractivity contribution in [3.05, 3.63) is 42.6 Å². The Morgan fingerprint density at radius 3 is 2.61 bits per heavy atom. The lowest BCUT2D eigenvalue weighted by molar-refractivity contribution is 0.590. The molecule has 0 saturated heterocycles. The van der Waals surface area contributed by atoms with Crippen LogP contribution >= 0.6 is 0 Å². The minimum atomic E-state index is -1.19. The van der Waals surface area contributed by atoms with Crippen LogP contribution in [0.3, 0.4) is 0 Å². The predicted octanol–water partition coefficient (Wildman–Crippen LogP) is 3.02. The Bertz CT molecular complexity index is 914. The highest BCUT2D eigenvalue weighted by atomic mass is 32.2. The smallest absolute Gasteiger partial charge is 0.222 e. The van der Waals surface area contributed by atoms with E-state index in [0.717, 1.165) is 0 Å². The molecule has 3 aromatic heterocycles. The summed E-state index contributed by atoms with van der Waals surface area (Å²) in [5, 5.41) is 4.21. The van der Waals surface area contributed by atoms with Crippen LogP contribution in [0, 0.1) is 5.95 Å². The van der Waals surface area contributed by atoms with Crippen molar-refractivity contribution in [2.45, 2.75) is 30.4 Å². The molecule has 0 aliphatic heterocycles. The zero-order chi connectivity index (χ0) is 16.8.